The second kappa shape index (κ2) is 17.9. The average Bonchev–Trinajstić information content (AvgIpc) is 3.85. The number of nitrogens with one attached hydrogen (secondary N) is 2. The minimum absolute atomic E-state index is 0.0506. The lowest BCUT2D eigenvalue weighted by molar-refractivity contribution is -0.141. The standard InChI is InChI=1S/C43H39Cl3N6O5/c44-36-18-30(25-51-15-12-29(24-51)43(55)56)37(57-17-3-14-47)19-28(36)9-8-26-4-1-6-34(40(26)45)35-7-2-5-33(41(35)46)27-13-16-52-38(20-27)49-22-31(42(52)54)21-48-23-32-10-11-39(53)50-32/h1-2,4-9,13,16,18-20,22,29,32,48H,3,10-12,15,17,21,23-25H2,(H,50,53)(H,55,56)/b9-8-/t29-,32+/m0/s1. The Hall–Kier alpha value is -5.22. The number of amides is 1. The number of carbonyl (C=O) groups is 2. The zero-order chi connectivity index (χ0) is 40.1. The predicted octanol–water partition coefficient (Wildman–Crippen LogP) is 7.73. The van der Waals surface area contributed by atoms with Crippen molar-refractivity contribution in [2.24, 2.45) is 5.92 Å². The van der Waals surface area contributed by atoms with Gasteiger partial charge in [0, 0.05) is 83.9 Å². The van der Waals surface area contributed by atoms with Gasteiger partial charge in [0.1, 0.15) is 18.0 Å². The van der Waals surface area contributed by atoms with Crippen molar-refractivity contribution >= 4 is 64.5 Å². The number of aromatic nitrogens is 2. The number of benzene rings is 3. The summed E-state index contributed by atoms with van der Waals surface area (Å²) in [5, 5.41) is 26.2. The van der Waals surface area contributed by atoms with Crippen LogP contribution in [-0.2, 0) is 22.7 Å². The topological polar surface area (TPSA) is 149 Å². The molecule has 57 heavy (non-hydrogen) atoms. The third kappa shape index (κ3) is 9.17. The third-order valence-electron chi connectivity index (χ3n) is 10.3. The van der Waals surface area contributed by atoms with Gasteiger partial charge in [-0.1, -0.05) is 83.4 Å². The Morgan fingerprint density at radius 1 is 1.00 bits per heavy atom. The first-order chi connectivity index (χ1) is 27.6. The maximum absolute atomic E-state index is 13.3. The Morgan fingerprint density at radius 2 is 1.77 bits per heavy atom. The lowest BCUT2D eigenvalue weighted by Gasteiger charge is -2.19. The van der Waals surface area contributed by atoms with Gasteiger partial charge < -0.3 is 20.5 Å². The molecule has 0 bridgehead atoms. The van der Waals surface area contributed by atoms with Gasteiger partial charge in [-0.05, 0) is 60.3 Å². The molecule has 2 saturated heterocycles. The van der Waals surface area contributed by atoms with Gasteiger partial charge in [0.05, 0.1) is 28.5 Å². The number of hydrogen-bond donors (Lipinski definition) is 3. The summed E-state index contributed by atoms with van der Waals surface area (Å²) in [5.74, 6) is -0.576. The monoisotopic (exact) mass is 824 g/mol. The summed E-state index contributed by atoms with van der Waals surface area (Å²) < 4.78 is 7.51. The van der Waals surface area contributed by atoms with E-state index in [0.29, 0.717) is 83.2 Å². The van der Waals surface area contributed by atoms with Gasteiger partial charge in [-0.2, -0.15) is 5.26 Å². The van der Waals surface area contributed by atoms with Gasteiger partial charge in [0.25, 0.3) is 5.56 Å². The summed E-state index contributed by atoms with van der Waals surface area (Å²) in [4.78, 5) is 42.9. The summed E-state index contributed by atoms with van der Waals surface area (Å²) in [5.41, 5.74) is 6.02. The molecule has 2 atom stereocenters. The highest BCUT2D eigenvalue weighted by atomic mass is 35.5. The highest BCUT2D eigenvalue weighted by Crippen LogP contribution is 2.41. The van der Waals surface area contributed by atoms with E-state index in [2.05, 4.69) is 26.6 Å². The fourth-order valence-electron chi connectivity index (χ4n) is 7.26. The SMILES string of the molecule is N#CCCOc1cc(/C=C\c2cccc(-c3cccc(-c4ccn5c(=O)c(CNC[C@H]6CCC(=O)N6)cnc5c4)c3Cl)c2Cl)c(Cl)cc1CN1CC[C@H](C(=O)O)C1. The third-order valence-corrected chi connectivity index (χ3v) is 11.5. The Bertz CT molecular complexity index is 2480. The average molecular weight is 826 g/mol. The number of fused-ring (bicyclic) bond motifs is 1. The van der Waals surface area contributed by atoms with E-state index in [1.807, 2.05) is 72.8 Å². The smallest absolute Gasteiger partial charge is 0.307 e. The normalized spacial score (nSPS) is 17.0. The zero-order valence-corrected chi connectivity index (χ0v) is 33.1. The van der Waals surface area contributed by atoms with Crippen LogP contribution < -0.4 is 20.9 Å². The lowest BCUT2D eigenvalue weighted by Crippen LogP contribution is -2.36. The van der Waals surface area contributed by atoms with Crippen molar-refractivity contribution < 1.29 is 19.4 Å². The molecule has 2 fully saturated rings. The number of ether oxygens (including phenoxy) is 1. The van der Waals surface area contributed by atoms with E-state index in [1.165, 1.54) is 4.40 Å². The predicted molar refractivity (Wildman–Crippen MR) is 222 cm³/mol. The molecule has 0 spiro atoms. The molecule has 0 unspecified atom stereocenters. The summed E-state index contributed by atoms with van der Waals surface area (Å²) >= 11 is 21.0. The number of nitrogens with zero attached hydrogens (tertiary/aromatic N) is 4. The number of nitriles is 1. The second-order valence-electron chi connectivity index (χ2n) is 14.2. The minimum atomic E-state index is -0.797. The van der Waals surface area contributed by atoms with Crippen molar-refractivity contribution in [3.63, 3.8) is 0 Å². The Labute approximate surface area is 344 Å². The number of carbonyl (C=O) groups excluding carboxylic acids is 1. The summed E-state index contributed by atoms with van der Waals surface area (Å²) in [7, 11) is 0. The van der Waals surface area contributed by atoms with E-state index in [4.69, 9.17) is 44.8 Å². The molecule has 3 aromatic carbocycles. The van der Waals surface area contributed by atoms with Gasteiger partial charge in [-0.3, -0.25) is 23.7 Å². The van der Waals surface area contributed by atoms with E-state index in [1.54, 1.807) is 12.4 Å². The molecule has 1 amide bonds. The van der Waals surface area contributed by atoms with E-state index in [-0.39, 0.29) is 30.5 Å². The lowest BCUT2D eigenvalue weighted by atomic mass is 9.97. The largest absolute Gasteiger partial charge is 0.492 e. The van der Waals surface area contributed by atoms with Crippen molar-refractivity contribution in [1.82, 2.24) is 24.9 Å². The van der Waals surface area contributed by atoms with Crippen molar-refractivity contribution in [1.29, 1.82) is 5.26 Å². The molecule has 2 aliphatic heterocycles. The molecule has 3 N–H and O–H groups in total. The number of aliphatic carboxylic acids is 1. The number of halogens is 3. The maximum Gasteiger partial charge on any atom is 0.307 e. The number of carboxylic acid groups (broad SMARTS) is 1. The van der Waals surface area contributed by atoms with Crippen LogP contribution in [0.1, 0.15) is 47.9 Å². The minimum Gasteiger partial charge on any atom is -0.492 e. The van der Waals surface area contributed by atoms with E-state index in [9.17, 15) is 19.5 Å². The summed E-state index contributed by atoms with van der Waals surface area (Å²) in [6, 6.07) is 20.9. The molecular formula is C43H39Cl3N6O5. The number of hydrogen-bond acceptors (Lipinski definition) is 8. The Balaban J connectivity index is 1.11. The molecular weight excluding hydrogens is 787 g/mol. The van der Waals surface area contributed by atoms with Crippen LogP contribution >= 0.6 is 34.8 Å². The molecule has 14 heteroatoms. The summed E-state index contributed by atoms with van der Waals surface area (Å²) in [6.45, 7) is 2.69. The number of likely N-dealkylation sites (tertiary alicyclic amines) is 1. The quantitative estimate of drug-likeness (QED) is 0.0756. The van der Waals surface area contributed by atoms with Crippen molar-refractivity contribution in [2.45, 2.75) is 44.8 Å². The van der Waals surface area contributed by atoms with Crippen LogP contribution in [0.3, 0.4) is 0 Å². The molecule has 292 valence electrons. The molecule has 2 aliphatic rings. The fourth-order valence-corrected chi connectivity index (χ4v) is 8.14. The van der Waals surface area contributed by atoms with Crippen LogP contribution in [0.5, 0.6) is 5.75 Å². The van der Waals surface area contributed by atoms with Gasteiger partial charge >= 0.3 is 5.97 Å². The Morgan fingerprint density at radius 3 is 2.53 bits per heavy atom. The first kappa shape index (κ1) is 40.0. The number of carboxylic acids is 1. The second-order valence-corrected chi connectivity index (χ2v) is 15.3. The highest BCUT2D eigenvalue weighted by Gasteiger charge is 2.28. The van der Waals surface area contributed by atoms with E-state index >= 15 is 0 Å². The molecule has 11 nitrogen and oxygen atoms in total. The zero-order valence-electron chi connectivity index (χ0n) is 30.8. The first-order valence-corrected chi connectivity index (χ1v) is 19.8. The van der Waals surface area contributed by atoms with Crippen LogP contribution in [0, 0.1) is 17.2 Å². The van der Waals surface area contributed by atoms with Crippen molar-refractivity contribution in [2.75, 3.05) is 26.2 Å². The molecule has 4 heterocycles. The molecule has 7 rings (SSSR count). The number of pyridine rings is 1. The highest BCUT2D eigenvalue weighted by molar-refractivity contribution is 6.39. The Kier molecular flexibility index (Phi) is 12.6. The van der Waals surface area contributed by atoms with Crippen molar-refractivity contribution in [3.05, 3.63) is 121 Å². The first-order valence-electron chi connectivity index (χ1n) is 18.6. The number of rotatable bonds is 14. The fraction of sp³-hybridized carbons (Fsp3) is 0.279. The van der Waals surface area contributed by atoms with Crippen LogP contribution in [0.15, 0.2) is 77.9 Å². The summed E-state index contributed by atoms with van der Waals surface area (Å²) in [6.07, 6.45) is 9.08. The van der Waals surface area contributed by atoms with E-state index in [0.717, 1.165) is 39.8 Å². The molecule has 0 aliphatic carbocycles. The molecule has 0 radical (unpaired) electrons. The van der Waals surface area contributed by atoms with Crippen LogP contribution in [0.4, 0.5) is 0 Å². The van der Waals surface area contributed by atoms with Crippen LogP contribution in [0.25, 0.3) is 40.1 Å². The van der Waals surface area contributed by atoms with Crippen LogP contribution in [0.2, 0.25) is 15.1 Å². The van der Waals surface area contributed by atoms with Gasteiger partial charge in [0.15, 0.2) is 0 Å². The molecule has 5 aromatic rings. The van der Waals surface area contributed by atoms with Gasteiger partial charge in [0.2, 0.25) is 5.91 Å². The van der Waals surface area contributed by atoms with Gasteiger partial charge in [-0.15, -0.1) is 0 Å². The molecule has 0 saturated carbocycles. The maximum atomic E-state index is 13.3. The molecule has 2 aromatic heterocycles. The van der Waals surface area contributed by atoms with E-state index < -0.39 is 11.9 Å². The van der Waals surface area contributed by atoms with Gasteiger partial charge in [-0.25, -0.2) is 4.98 Å². The van der Waals surface area contributed by atoms with Crippen molar-refractivity contribution in [3.8, 4) is 34.1 Å². The van der Waals surface area contributed by atoms with Crippen LogP contribution in [-0.4, -0.2) is 63.6 Å².